The van der Waals surface area contributed by atoms with Crippen LogP contribution in [0.3, 0.4) is 0 Å². The number of hydrogen-bond acceptors (Lipinski definition) is 3. The predicted octanol–water partition coefficient (Wildman–Crippen LogP) is 2.16. The number of carbonyl (C=O) groups is 1. The van der Waals surface area contributed by atoms with Crippen LogP contribution >= 0.6 is 0 Å². The van der Waals surface area contributed by atoms with E-state index >= 15 is 0 Å². The number of nitrogens with one attached hydrogen (secondary N) is 1. The molecule has 1 aliphatic heterocycles. The maximum Gasteiger partial charge on any atom is 0.411 e. The molecule has 2 amide bonds. The third-order valence-corrected chi connectivity index (χ3v) is 3.07. The van der Waals surface area contributed by atoms with Crippen molar-refractivity contribution in [2.75, 3.05) is 26.3 Å². The van der Waals surface area contributed by atoms with Crippen LogP contribution in [0, 0.1) is 0 Å². The SMILES string of the molecule is CC[C@@H]1CN(C(=O)N[C@H](C)COCC(F)(F)F)C[C@H](C)O1. The van der Waals surface area contributed by atoms with Crippen molar-refractivity contribution in [2.24, 2.45) is 0 Å². The molecule has 1 N–H and O–H groups in total. The Balaban J connectivity index is 2.34. The van der Waals surface area contributed by atoms with E-state index in [4.69, 9.17) is 4.74 Å². The van der Waals surface area contributed by atoms with Crippen molar-refractivity contribution in [1.29, 1.82) is 0 Å². The largest absolute Gasteiger partial charge is 0.411 e. The number of halogens is 3. The molecular formula is C13H23F3N2O3. The summed E-state index contributed by atoms with van der Waals surface area (Å²) in [5, 5.41) is 2.64. The minimum absolute atomic E-state index is 0.00344. The standard InChI is InChI=1S/C13H23F3N2O3/c1-4-11-6-18(5-10(3)21-11)12(19)17-9(2)7-20-8-13(14,15)16/h9-11H,4-8H2,1-3H3,(H,17,19)/t9-,10+,11-/m1/s1. The maximum absolute atomic E-state index is 12.1. The van der Waals surface area contributed by atoms with Gasteiger partial charge in [0.05, 0.1) is 24.9 Å². The average molecular weight is 312 g/mol. The smallest absolute Gasteiger partial charge is 0.372 e. The van der Waals surface area contributed by atoms with Crippen LogP contribution in [0.15, 0.2) is 0 Å². The first-order valence-corrected chi connectivity index (χ1v) is 7.06. The van der Waals surface area contributed by atoms with E-state index in [1.165, 1.54) is 0 Å². The van der Waals surface area contributed by atoms with Crippen LogP contribution < -0.4 is 5.32 Å². The molecular weight excluding hydrogens is 289 g/mol. The van der Waals surface area contributed by atoms with Gasteiger partial charge in [0.1, 0.15) is 6.61 Å². The Bertz CT molecular complexity index is 339. The lowest BCUT2D eigenvalue weighted by Gasteiger charge is -2.37. The number of urea groups is 1. The minimum Gasteiger partial charge on any atom is -0.372 e. The molecule has 124 valence electrons. The monoisotopic (exact) mass is 312 g/mol. The second-order valence-corrected chi connectivity index (χ2v) is 5.36. The first kappa shape index (κ1) is 18.0. The summed E-state index contributed by atoms with van der Waals surface area (Å²) in [6.07, 6.45) is -3.60. The predicted molar refractivity (Wildman–Crippen MR) is 71.1 cm³/mol. The highest BCUT2D eigenvalue weighted by Gasteiger charge is 2.29. The number of hydrogen-bond donors (Lipinski definition) is 1. The summed E-state index contributed by atoms with van der Waals surface area (Å²) in [6, 6.07) is -0.787. The minimum atomic E-state index is -4.35. The lowest BCUT2D eigenvalue weighted by molar-refractivity contribution is -0.174. The van der Waals surface area contributed by atoms with Crippen LogP contribution in [0.25, 0.3) is 0 Å². The Kier molecular flexibility index (Phi) is 6.73. The number of alkyl halides is 3. The topological polar surface area (TPSA) is 50.8 Å². The third kappa shape index (κ3) is 6.99. The van der Waals surface area contributed by atoms with Crippen molar-refractivity contribution in [3.8, 4) is 0 Å². The first-order chi connectivity index (χ1) is 9.71. The Morgan fingerprint density at radius 2 is 2.14 bits per heavy atom. The molecule has 0 radical (unpaired) electrons. The van der Waals surface area contributed by atoms with E-state index in [0.717, 1.165) is 6.42 Å². The molecule has 0 aromatic heterocycles. The second-order valence-electron chi connectivity index (χ2n) is 5.36. The molecule has 0 unspecified atom stereocenters. The van der Waals surface area contributed by atoms with E-state index in [2.05, 4.69) is 10.1 Å². The van der Waals surface area contributed by atoms with Crippen LogP contribution in [0.4, 0.5) is 18.0 Å². The lowest BCUT2D eigenvalue weighted by atomic mass is 10.2. The van der Waals surface area contributed by atoms with Crippen LogP contribution in [0.2, 0.25) is 0 Å². The Hall–Kier alpha value is -1.02. The van der Waals surface area contributed by atoms with Crippen molar-refractivity contribution in [2.45, 2.75) is 51.6 Å². The first-order valence-electron chi connectivity index (χ1n) is 7.06. The fraction of sp³-hybridized carbons (Fsp3) is 0.923. The molecule has 0 bridgehead atoms. The molecule has 0 aliphatic carbocycles. The van der Waals surface area contributed by atoms with E-state index in [-0.39, 0.29) is 24.8 Å². The summed E-state index contributed by atoms with van der Waals surface area (Å²) in [6.45, 7) is 4.95. The Morgan fingerprint density at radius 1 is 1.48 bits per heavy atom. The molecule has 0 spiro atoms. The maximum atomic E-state index is 12.1. The summed E-state index contributed by atoms with van der Waals surface area (Å²) in [5.41, 5.74) is 0. The van der Waals surface area contributed by atoms with E-state index in [0.29, 0.717) is 13.1 Å². The summed E-state index contributed by atoms with van der Waals surface area (Å²) in [4.78, 5) is 13.7. The van der Waals surface area contributed by atoms with Gasteiger partial charge in [-0.1, -0.05) is 6.92 Å². The zero-order valence-electron chi connectivity index (χ0n) is 12.6. The van der Waals surface area contributed by atoms with Crippen LogP contribution in [-0.2, 0) is 9.47 Å². The number of morpholine rings is 1. The van der Waals surface area contributed by atoms with Crippen LogP contribution in [-0.4, -0.2) is 61.7 Å². The Morgan fingerprint density at radius 3 is 2.71 bits per heavy atom. The summed E-state index contributed by atoms with van der Waals surface area (Å²) >= 11 is 0. The van der Waals surface area contributed by atoms with Gasteiger partial charge in [-0.3, -0.25) is 0 Å². The fourth-order valence-corrected chi connectivity index (χ4v) is 2.13. The van der Waals surface area contributed by atoms with Gasteiger partial charge in [-0.2, -0.15) is 13.2 Å². The molecule has 1 saturated heterocycles. The number of rotatable bonds is 5. The highest BCUT2D eigenvalue weighted by molar-refractivity contribution is 5.74. The van der Waals surface area contributed by atoms with Gasteiger partial charge in [-0.15, -0.1) is 0 Å². The van der Waals surface area contributed by atoms with Gasteiger partial charge in [0.2, 0.25) is 0 Å². The average Bonchev–Trinajstić information content (AvgIpc) is 2.36. The zero-order chi connectivity index (χ0) is 16.0. The molecule has 3 atom stereocenters. The molecule has 21 heavy (non-hydrogen) atoms. The molecule has 8 heteroatoms. The van der Waals surface area contributed by atoms with Crippen molar-refractivity contribution in [1.82, 2.24) is 10.2 Å². The van der Waals surface area contributed by atoms with Crippen LogP contribution in [0.5, 0.6) is 0 Å². The summed E-state index contributed by atoms with van der Waals surface area (Å²) in [5.74, 6) is 0. The van der Waals surface area contributed by atoms with Gasteiger partial charge in [-0.05, 0) is 20.3 Å². The summed E-state index contributed by atoms with van der Waals surface area (Å²) < 4.78 is 46.0. The van der Waals surface area contributed by atoms with Gasteiger partial charge in [-0.25, -0.2) is 4.79 Å². The second kappa shape index (κ2) is 7.84. The molecule has 0 saturated carbocycles. The fourth-order valence-electron chi connectivity index (χ4n) is 2.13. The lowest BCUT2D eigenvalue weighted by Crippen LogP contribution is -2.54. The van der Waals surface area contributed by atoms with Gasteiger partial charge < -0.3 is 19.7 Å². The van der Waals surface area contributed by atoms with E-state index < -0.39 is 18.8 Å². The van der Waals surface area contributed by atoms with Crippen molar-refractivity contribution in [3.05, 3.63) is 0 Å². The van der Waals surface area contributed by atoms with Crippen molar-refractivity contribution in [3.63, 3.8) is 0 Å². The van der Waals surface area contributed by atoms with Gasteiger partial charge >= 0.3 is 12.2 Å². The molecule has 0 aromatic carbocycles. The Labute approximate surface area is 122 Å². The van der Waals surface area contributed by atoms with E-state index in [1.54, 1.807) is 11.8 Å². The third-order valence-electron chi connectivity index (χ3n) is 3.07. The molecule has 1 fully saturated rings. The number of amides is 2. The van der Waals surface area contributed by atoms with Gasteiger partial charge in [0, 0.05) is 13.1 Å². The molecule has 5 nitrogen and oxygen atoms in total. The molecule has 1 heterocycles. The highest BCUT2D eigenvalue weighted by Crippen LogP contribution is 2.15. The zero-order valence-corrected chi connectivity index (χ0v) is 12.6. The molecule has 1 rings (SSSR count). The van der Waals surface area contributed by atoms with Gasteiger partial charge in [0.25, 0.3) is 0 Å². The van der Waals surface area contributed by atoms with Crippen LogP contribution in [0.1, 0.15) is 27.2 Å². The number of ether oxygens (including phenoxy) is 2. The summed E-state index contributed by atoms with van der Waals surface area (Å²) in [7, 11) is 0. The molecule has 1 aliphatic rings. The van der Waals surface area contributed by atoms with E-state index in [9.17, 15) is 18.0 Å². The normalized spacial score (nSPS) is 24.8. The van der Waals surface area contributed by atoms with Gasteiger partial charge in [0.15, 0.2) is 0 Å². The van der Waals surface area contributed by atoms with E-state index in [1.807, 2.05) is 13.8 Å². The molecule has 0 aromatic rings. The quantitative estimate of drug-likeness (QED) is 0.846. The highest BCUT2D eigenvalue weighted by atomic mass is 19.4. The van der Waals surface area contributed by atoms with Crippen molar-refractivity contribution >= 4 is 6.03 Å². The number of nitrogens with zero attached hydrogens (tertiary/aromatic N) is 1. The van der Waals surface area contributed by atoms with Crippen molar-refractivity contribution < 1.29 is 27.4 Å². The number of carbonyl (C=O) groups excluding carboxylic acids is 1.